The number of thiocarbonyl (C=S) groups is 1. The number of carbonyl (C=O) groups is 1. The molecule has 1 aliphatic heterocycles. The van der Waals surface area contributed by atoms with E-state index in [1.54, 1.807) is 9.58 Å². The summed E-state index contributed by atoms with van der Waals surface area (Å²) in [4.78, 5) is 15.5. The maximum Gasteiger partial charge on any atom is 0.266 e. The lowest BCUT2D eigenvalue weighted by molar-refractivity contribution is -0.122. The van der Waals surface area contributed by atoms with Crippen molar-refractivity contribution in [3.63, 3.8) is 0 Å². The Kier molecular flexibility index (Phi) is 5.56. The molecule has 7 heteroatoms. The summed E-state index contributed by atoms with van der Waals surface area (Å²) < 4.78 is 8.48. The number of para-hydroxylation sites is 2. The van der Waals surface area contributed by atoms with E-state index in [1.807, 2.05) is 103 Å². The zero-order valence-corrected chi connectivity index (χ0v) is 20.1. The standard InChI is InChI=1S/C28H19N3O2S2/c32-27-25(35-28(34)30(27)17-19-9-3-1-4-10-19)16-21-18-31(22-12-5-2-6-13-22)29-26(21)24-15-20-11-7-8-14-23(20)33-24/h1-16,18H,17H2/b25-16-. The van der Waals surface area contributed by atoms with E-state index in [2.05, 4.69) is 0 Å². The molecule has 1 amide bonds. The fourth-order valence-corrected chi connectivity index (χ4v) is 5.29. The summed E-state index contributed by atoms with van der Waals surface area (Å²) in [5.74, 6) is 0.541. The van der Waals surface area contributed by atoms with E-state index >= 15 is 0 Å². The normalized spacial score (nSPS) is 15.0. The second-order valence-electron chi connectivity index (χ2n) is 8.12. The van der Waals surface area contributed by atoms with E-state index in [0.29, 0.717) is 27.2 Å². The second kappa shape index (κ2) is 9.02. The van der Waals surface area contributed by atoms with Gasteiger partial charge >= 0.3 is 0 Å². The molecule has 2 aromatic heterocycles. The molecule has 0 unspecified atom stereocenters. The van der Waals surface area contributed by atoms with Gasteiger partial charge in [-0.25, -0.2) is 4.68 Å². The lowest BCUT2D eigenvalue weighted by atomic mass is 10.1. The highest BCUT2D eigenvalue weighted by Gasteiger charge is 2.32. The molecule has 0 bridgehead atoms. The summed E-state index contributed by atoms with van der Waals surface area (Å²) in [5.41, 5.74) is 4.19. The number of hydrogen-bond acceptors (Lipinski definition) is 5. The third kappa shape index (κ3) is 4.20. The molecule has 0 atom stereocenters. The number of amides is 1. The van der Waals surface area contributed by atoms with Crippen LogP contribution in [0.2, 0.25) is 0 Å². The molecule has 0 saturated carbocycles. The summed E-state index contributed by atoms with van der Waals surface area (Å²) in [6.45, 7) is 0.447. The molecule has 5 nitrogen and oxygen atoms in total. The zero-order valence-electron chi connectivity index (χ0n) is 18.5. The average molecular weight is 494 g/mol. The molecule has 3 heterocycles. The SMILES string of the molecule is O=C1/C(=C/c2cn(-c3ccccc3)nc2-c2cc3ccccc3o2)SC(=S)N1Cc1ccccc1. The van der Waals surface area contributed by atoms with Crippen molar-refractivity contribution in [2.75, 3.05) is 0 Å². The van der Waals surface area contributed by atoms with Crippen molar-refractivity contribution < 1.29 is 9.21 Å². The minimum absolute atomic E-state index is 0.105. The quantitative estimate of drug-likeness (QED) is 0.202. The van der Waals surface area contributed by atoms with Gasteiger partial charge in [0.2, 0.25) is 0 Å². The van der Waals surface area contributed by atoms with E-state index in [9.17, 15) is 4.79 Å². The second-order valence-corrected chi connectivity index (χ2v) is 9.79. The molecule has 0 aliphatic carbocycles. The topological polar surface area (TPSA) is 51.3 Å². The van der Waals surface area contributed by atoms with Crippen LogP contribution in [0.25, 0.3) is 34.2 Å². The van der Waals surface area contributed by atoms with Gasteiger partial charge in [-0.2, -0.15) is 5.10 Å². The van der Waals surface area contributed by atoms with Crippen molar-refractivity contribution in [2.24, 2.45) is 0 Å². The molecule has 1 fully saturated rings. The highest BCUT2D eigenvalue weighted by molar-refractivity contribution is 8.26. The molecule has 0 spiro atoms. The van der Waals surface area contributed by atoms with Gasteiger partial charge in [-0.05, 0) is 35.9 Å². The number of thioether (sulfide) groups is 1. The Hall–Kier alpha value is -3.94. The number of hydrogen-bond donors (Lipinski definition) is 0. The molecule has 3 aromatic carbocycles. The number of fused-ring (bicyclic) bond motifs is 1. The fraction of sp³-hybridized carbons (Fsp3) is 0.0357. The van der Waals surface area contributed by atoms with Crippen LogP contribution in [0.4, 0.5) is 0 Å². The molecule has 5 aromatic rings. The molecule has 35 heavy (non-hydrogen) atoms. The van der Waals surface area contributed by atoms with Crippen molar-refractivity contribution in [2.45, 2.75) is 6.54 Å². The fourth-order valence-electron chi connectivity index (χ4n) is 4.04. The first-order valence-corrected chi connectivity index (χ1v) is 12.3. The number of carbonyl (C=O) groups excluding carboxylic acids is 1. The Morgan fingerprint density at radius 1 is 0.943 bits per heavy atom. The van der Waals surface area contributed by atoms with Crippen LogP contribution in [-0.4, -0.2) is 24.9 Å². The number of benzene rings is 3. The van der Waals surface area contributed by atoms with Crippen molar-refractivity contribution in [1.82, 2.24) is 14.7 Å². The minimum Gasteiger partial charge on any atom is -0.454 e. The Balaban J connectivity index is 1.41. The van der Waals surface area contributed by atoms with Crippen LogP contribution in [-0.2, 0) is 11.3 Å². The van der Waals surface area contributed by atoms with Gasteiger partial charge in [0.05, 0.1) is 17.1 Å². The van der Waals surface area contributed by atoms with Crippen LogP contribution in [0, 0.1) is 0 Å². The first kappa shape index (κ1) is 21.6. The largest absolute Gasteiger partial charge is 0.454 e. The first-order chi connectivity index (χ1) is 17.2. The number of rotatable bonds is 5. The van der Waals surface area contributed by atoms with Gasteiger partial charge in [-0.15, -0.1) is 0 Å². The maximum atomic E-state index is 13.3. The zero-order chi connectivity index (χ0) is 23.8. The van der Waals surface area contributed by atoms with Gasteiger partial charge in [0, 0.05) is 17.1 Å². The number of furan rings is 1. The minimum atomic E-state index is -0.105. The van der Waals surface area contributed by atoms with Crippen molar-refractivity contribution in [1.29, 1.82) is 0 Å². The van der Waals surface area contributed by atoms with Crippen molar-refractivity contribution in [3.05, 3.63) is 113 Å². The Bertz CT molecular complexity index is 1550. The molecule has 0 radical (unpaired) electrons. The Morgan fingerprint density at radius 3 is 2.43 bits per heavy atom. The smallest absolute Gasteiger partial charge is 0.266 e. The maximum absolute atomic E-state index is 13.3. The van der Waals surface area contributed by atoms with E-state index in [0.717, 1.165) is 27.8 Å². The molecular weight excluding hydrogens is 474 g/mol. The van der Waals surface area contributed by atoms with Crippen molar-refractivity contribution >= 4 is 51.3 Å². The Morgan fingerprint density at radius 2 is 1.66 bits per heavy atom. The van der Waals surface area contributed by atoms with E-state index in [4.69, 9.17) is 21.7 Å². The summed E-state index contributed by atoms with van der Waals surface area (Å²) in [5, 5.41) is 5.83. The average Bonchev–Trinajstić information content (AvgIpc) is 3.58. The monoisotopic (exact) mass is 493 g/mol. The van der Waals surface area contributed by atoms with Gasteiger partial charge < -0.3 is 4.42 Å². The van der Waals surface area contributed by atoms with Gasteiger partial charge in [0.25, 0.3) is 5.91 Å². The predicted molar refractivity (Wildman–Crippen MR) is 144 cm³/mol. The van der Waals surface area contributed by atoms with Gasteiger partial charge in [-0.1, -0.05) is 90.7 Å². The third-order valence-electron chi connectivity index (χ3n) is 5.77. The number of aromatic nitrogens is 2. The van der Waals surface area contributed by atoms with E-state index in [-0.39, 0.29) is 5.91 Å². The summed E-state index contributed by atoms with van der Waals surface area (Å²) >= 11 is 6.86. The summed E-state index contributed by atoms with van der Waals surface area (Å²) in [6, 6.07) is 29.6. The van der Waals surface area contributed by atoms with Crippen LogP contribution >= 0.6 is 24.0 Å². The highest BCUT2D eigenvalue weighted by atomic mass is 32.2. The third-order valence-corrected chi connectivity index (χ3v) is 7.14. The molecule has 1 aliphatic rings. The molecule has 1 saturated heterocycles. The van der Waals surface area contributed by atoms with E-state index < -0.39 is 0 Å². The van der Waals surface area contributed by atoms with Gasteiger partial charge in [0.15, 0.2) is 5.76 Å². The molecule has 170 valence electrons. The first-order valence-electron chi connectivity index (χ1n) is 11.1. The van der Waals surface area contributed by atoms with Crippen LogP contribution in [0.1, 0.15) is 11.1 Å². The lowest BCUT2D eigenvalue weighted by Gasteiger charge is -2.14. The van der Waals surface area contributed by atoms with Gasteiger partial charge in [-0.3, -0.25) is 9.69 Å². The van der Waals surface area contributed by atoms with Crippen molar-refractivity contribution in [3.8, 4) is 17.1 Å². The summed E-state index contributed by atoms with van der Waals surface area (Å²) in [6.07, 6.45) is 3.78. The Labute approximate surface area is 211 Å². The predicted octanol–water partition coefficient (Wildman–Crippen LogP) is 6.69. The molecular formula is C28H19N3O2S2. The summed E-state index contributed by atoms with van der Waals surface area (Å²) in [7, 11) is 0. The van der Waals surface area contributed by atoms with Gasteiger partial charge in [0.1, 0.15) is 15.6 Å². The van der Waals surface area contributed by atoms with Crippen LogP contribution < -0.4 is 0 Å². The van der Waals surface area contributed by atoms with E-state index in [1.165, 1.54) is 11.8 Å². The molecule has 0 N–H and O–H groups in total. The van der Waals surface area contributed by atoms with Crippen LogP contribution in [0.15, 0.2) is 107 Å². The van der Waals surface area contributed by atoms with Crippen LogP contribution in [0.3, 0.4) is 0 Å². The lowest BCUT2D eigenvalue weighted by Crippen LogP contribution is -2.27. The van der Waals surface area contributed by atoms with Crippen LogP contribution in [0.5, 0.6) is 0 Å². The number of nitrogens with zero attached hydrogens (tertiary/aromatic N) is 3. The molecule has 6 rings (SSSR count). The highest BCUT2D eigenvalue weighted by Crippen LogP contribution is 2.36.